The molecule has 1 aliphatic rings. The summed E-state index contributed by atoms with van der Waals surface area (Å²) in [7, 11) is 5.71. The second-order valence-corrected chi connectivity index (χ2v) is 5.53. The summed E-state index contributed by atoms with van der Waals surface area (Å²) >= 11 is 0. The van der Waals surface area contributed by atoms with Gasteiger partial charge >= 0.3 is 5.97 Å². The average Bonchev–Trinajstić information content (AvgIpc) is 2.79. The molecule has 0 radical (unpaired) electrons. The number of carbonyl (C=O) groups excluding carboxylic acids is 1. The Labute approximate surface area is 117 Å². The van der Waals surface area contributed by atoms with E-state index in [0.29, 0.717) is 12.6 Å². The highest BCUT2D eigenvalue weighted by Crippen LogP contribution is 2.15. The zero-order chi connectivity index (χ0) is 14.3. The highest BCUT2D eigenvalue weighted by molar-refractivity contribution is 5.75. The molecule has 2 atom stereocenters. The number of nitrogens with one attached hydrogen (secondary N) is 1. The van der Waals surface area contributed by atoms with Gasteiger partial charge in [-0.1, -0.05) is 6.92 Å². The number of hydrogen-bond donors (Lipinski definition) is 1. The number of likely N-dealkylation sites (N-methyl/N-ethyl adjacent to an activating group) is 2. The van der Waals surface area contributed by atoms with Crippen molar-refractivity contribution in [3.63, 3.8) is 0 Å². The summed E-state index contributed by atoms with van der Waals surface area (Å²) in [5, 5.41) is 3.26. The molecule has 0 bridgehead atoms. The Morgan fingerprint density at radius 2 is 2.32 bits per heavy atom. The monoisotopic (exact) mass is 271 g/mol. The quantitative estimate of drug-likeness (QED) is 0.653. The molecule has 1 rings (SSSR count). The Morgan fingerprint density at radius 3 is 2.84 bits per heavy atom. The van der Waals surface area contributed by atoms with Gasteiger partial charge in [-0.2, -0.15) is 0 Å². The number of carbonyl (C=O) groups is 1. The van der Waals surface area contributed by atoms with Crippen LogP contribution in [0.4, 0.5) is 0 Å². The molecular formula is C14H29N3O2. The van der Waals surface area contributed by atoms with Crippen molar-refractivity contribution in [2.75, 3.05) is 47.4 Å². The van der Waals surface area contributed by atoms with E-state index in [2.05, 4.69) is 36.1 Å². The van der Waals surface area contributed by atoms with Gasteiger partial charge in [-0.3, -0.25) is 4.79 Å². The largest absolute Gasteiger partial charge is 0.468 e. The fourth-order valence-corrected chi connectivity index (χ4v) is 2.64. The van der Waals surface area contributed by atoms with E-state index in [-0.39, 0.29) is 12.0 Å². The van der Waals surface area contributed by atoms with E-state index < -0.39 is 0 Å². The minimum absolute atomic E-state index is 0.167. The van der Waals surface area contributed by atoms with Crippen LogP contribution < -0.4 is 5.32 Å². The molecule has 2 unspecified atom stereocenters. The smallest absolute Gasteiger partial charge is 0.324 e. The Hall–Kier alpha value is -0.650. The first kappa shape index (κ1) is 16.4. The average molecular weight is 271 g/mol. The summed E-state index contributed by atoms with van der Waals surface area (Å²) in [5.74, 6) is -0.167. The number of esters is 1. The molecule has 19 heavy (non-hydrogen) atoms. The number of likely N-dealkylation sites (tertiary alicyclic amines) is 1. The van der Waals surface area contributed by atoms with Crippen LogP contribution in [0.5, 0.6) is 0 Å². The van der Waals surface area contributed by atoms with Gasteiger partial charge in [-0.15, -0.1) is 0 Å². The summed E-state index contributed by atoms with van der Waals surface area (Å²) < 4.78 is 4.86. The lowest BCUT2D eigenvalue weighted by atomic mass is 10.2. The van der Waals surface area contributed by atoms with E-state index in [1.165, 1.54) is 26.5 Å². The molecule has 0 aromatic rings. The van der Waals surface area contributed by atoms with Crippen molar-refractivity contribution in [3.05, 3.63) is 0 Å². The molecule has 0 saturated carbocycles. The third kappa shape index (κ3) is 5.47. The molecule has 1 aliphatic heterocycles. The molecule has 112 valence electrons. The van der Waals surface area contributed by atoms with E-state index >= 15 is 0 Å². The lowest BCUT2D eigenvalue weighted by Gasteiger charge is -2.28. The second kappa shape index (κ2) is 8.51. The summed E-state index contributed by atoms with van der Waals surface area (Å²) in [4.78, 5) is 16.4. The third-order valence-corrected chi connectivity index (χ3v) is 3.81. The maximum Gasteiger partial charge on any atom is 0.324 e. The predicted molar refractivity (Wildman–Crippen MR) is 77.2 cm³/mol. The maximum absolute atomic E-state index is 11.7. The zero-order valence-electron chi connectivity index (χ0n) is 12.8. The number of hydrogen-bond acceptors (Lipinski definition) is 5. The molecule has 0 aromatic carbocycles. The van der Waals surface area contributed by atoms with Crippen LogP contribution in [0.15, 0.2) is 0 Å². The molecular weight excluding hydrogens is 242 g/mol. The number of rotatable bonds is 8. The van der Waals surface area contributed by atoms with Gasteiger partial charge in [0.05, 0.1) is 7.11 Å². The van der Waals surface area contributed by atoms with Crippen LogP contribution in [0, 0.1) is 0 Å². The van der Waals surface area contributed by atoms with Crippen LogP contribution in [0.1, 0.15) is 26.2 Å². The van der Waals surface area contributed by atoms with Gasteiger partial charge < -0.3 is 19.9 Å². The second-order valence-electron chi connectivity index (χ2n) is 5.53. The van der Waals surface area contributed by atoms with Gasteiger partial charge in [0.1, 0.15) is 6.04 Å². The summed E-state index contributed by atoms with van der Waals surface area (Å²) in [6.45, 7) is 5.84. The fourth-order valence-electron chi connectivity index (χ4n) is 2.64. The van der Waals surface area contributed by atoms with Crippen molar-refractivity contribution in [2.45, 2.75) is 38.3 Å². The van der Waals surface area contributed by atoms with Crippen LogP contribution in [-0.4, -0.2) is 75.2 Å². The molecule has 0 aromatic heterocycles. The van der Waals surface area contributed by atoms with Crippen LogP contribution in [0.2, 0.25) is 0 Å². The molecule has 0 spiro atoms. The van der Waals surface area contributed by atoms with Crippen LogP contribution in [-0.2, 0) is 9.53 Å². The number of methoxy groups -OCH3 is 1. The normalized spacial score (nSPS) is 21.8. The van der Waals surface area contributed by atoms with Crippen molar-refractivity contribution in [2.24, 2.45) is 0 Å². The summed E-state index contributed by atoms with van der Waals surface area (Å²) in [5.41, 5.74) is 0. The van der Waals surface area contributed by atoms with E-state index in [4.69, 9.17) is 4.74 Å². The Balaban J connectivity index is 2.40. The molecule has 0 amide bonds. The topological polar surface area (TPSA) is 44.8 Å². The maximum atomic E-state index is 11.7. The molecule has 1 N–H and O–H groups in total. The van der Waals surface area contributed by atoms with Gasteiger partial charge in [-0.05, 0) is 46.4 Å². The standard InChI is InChI=1S/C14H29N3O2/c1-5-8-15-13(14(18)19-4)11-16(2)10-12-7-6-9-17(12)3/h12-13,15H,5-11H2,1-4H3. The Morgan fingerprint density at radius 1 is 1.58 bits per heavy atom. The van der Waals surface area contributed by atoms with E-state index in [9.17, 15) is 4.79 Å². The first-order chi connectivity index (χ1) is 9.08. The van der Waals surface area contributed by atoms with Gasteiger partial charge in [-0.25, -0.2) is 0 Å². The Bertz CT molecular complexity index is 273. The van der Waals surface area contributed by atoms with Crippen molar-refractivity contribution >= 4 is 5.97 Å². The van der Waals surface area contributed by atoms with E-state index in [0.717, 1.165) is 19.5 Å². The third-order valence-electron chi connectivity index (χ3n) is 3.81. The van der Waals surface area contributed by atoms with Gasteiger partial charge in [0.15, 0.2) is 0 Å². The molecule has 1 heterocycles. The SMILES string of the molecule is CCCNC(CN(C)CC1CCCN1C)C(=O)OC. The summed E-state index contributed by atoms with van der Waals surface area (Å²) in [6.07, 6.45) is 3.55. The lowest BCUT2D eigenvalue weighted by Crippen LogP contribution is -2.48. The zero-order valence-corrected chi connectivity index (χ0v) is 12.8. The molecule has 1 fully saturated rings. The van der Waals surface area contributed by atoms with Crippen molar-refractivity contribution in [1.29, 1.82) is 0 Å². The van der Waals surface area contributed by atoms with Gasteiger partial charge in [0.2, 0.25) is 0 Å². The number of ether oxygens (including phenoxy) is 1. The molecule has 0 aliphatic carbocycles. The first-order valence-corrected chi connectivity index (χ1v) is 7.28. The molecule has 5 nitrogen and oxygen atoms in total. The minimum atomic E-state index is -0.221. The molecule has 1 saturated heterocycles. The number of nitrogens with zero attached hydrogens (tertiary/aromatic N) is 2. The first-order valence-electron chi connectivity index (χ1n) is 7.28. The summed E-state index contributed by atoms with van der Waals surface area (Å²) in [6, 6.07) is 0.399. The fraction of sp³-hybridized carbons (Fsp3) is 0.929. The van der Waals surface area contributed by atoms with Crippen LogP contribution >= 0.6 is 0 Å². The van der Waals surface area contributed by atoms with Crippen molar-refractivity contribution in [1.82, 2.24) is 15.1 Å². The highest BCUT2D eigenvalue weighted by Gasteiger charge is 2.25. The van der Waals surface area contributed by atoms with E-state index in [1.807, 2.05) is 0 Å². The van der Waals surface area contributed by atoms with Crippen molar-refractivity contribution < 1.29 is 9.53 Å². The lowest BCUT2D eigenvalue weighted by molar-refractivity contribution is -0.143. The van der Waals surface area contributed by atoms with Crippen LogP contribution in [0.3, 0.4) is 0 Å². The van der Waals surface area contributed by atoms with Gasteiger partial charge in [0, 0.05) is 19.1 Å². The minimum Gasteiger partial charge on any atom is -0.468 e. The Kier molecular flexibility index (Phi) is 7.34. The predicted octanol–water partition coefficient (Wildman–Crippen LogP) is 0.554. The molecule has 5 heteroatoms. The van der Waals surface area contributed by atoms with Crippen LogP contribution in [0.25, 0.3) is 0 Å². The van der Waals surface area contributed by atoms with Crippen molar-refractivity contribution in [3.8, 4) is 0 Å². The van der Waals surface area contributed by atoms with E-state index in [1.54, 1.807) is 0 Å². The van der Waals surface area contributed by atoms with Gasteiger partial charge in [0.25, 0.3) is 0 Å². The highest BCUT2D eigenvalue weighted by atomic mass is 16.5.